The van der Waals surface area contributed by atoms with Gasteiger partial charge < -0.3 is 4.90 Å². The average molecular weight is 311 g/mol. The maximum atomic E-state index is 12.3. The largest absolute Gasteiger partial charge is 0.321 e. The summed E-state index contributed by atoms with van der Waals surface area (Å²) in [6.07, 6.45) is 0. The van der Waals surface area contributed by atoms with Crippen molar-refractivity contribution in [2.45, 2.75) is 0 Å². The molecule has 0 atom stereocenters. The van der Waals surface area contributed by atoms with Gasteiger partial charge in [-0.2, -0.15) is 5.01 Å². The lowest BCUT2D eigenvalue weighted by molar-refractivity contribution is 0.0612. The molecule has 0 radical (unpaired) electrons. The Balaban J connectivity index is 1.79. The second kappa shape index (κ2) is 5.57. The summed E-state index contributed by atoms with van der Waals surface area (Å²) in [5, 5.41) is 1.22. The summed E-state index contributed by atoms with van der Waals surface area (Å²) >= 11 is 5.28. The van der Waals surface area contributed by atoms with Gasteiger partial charge in [-0.05, 0) is 36.5 Å². The lowest BCUT2D eigenvalue weighted by Crippen LogP contribution is -2.50. The summed E-state index contributed by atoms with van der Waals surface area (Å²) in [4.78, 5) is 26.2. The van der Waals surface area contributed by atoms with Crippen molar-refractivity contribution in [1.82, 2.24) is 10.4 Å². The summed E-state index contributed by atoms with van der Waals surface area (Å²) in [7, 11) is 1.77. The molecule has 1 aliphatic rings. The molecule has 22 heavy (non-hydrogen) atoms. The van der Waals surface area contributed by atoms with E-state index in [1.54, 1.807) is 36.2 Å². The minimum atomic E-state index is -0.399. The van der Waals surface area contributed by atoms with E-state index in [1.807, 2.05) is 30.3 Å². The number of fused-ring (bicyclic) bond motifs is 1. The van der Waals surface area contributed by atoms with E-state index < -0.39 is 11.8 Å². The Morgan fingerprint density at radius 1 is 0.955 bits per heavy atom. The van der Waals surface area contributed by atoms with Crippen molar-refractivity contribution >= 4 is 34.8 Å². The van der Waals surface area contributed by atoms with E-state index in [-0.39, 0.29) is 5.11 Å². The monoisotopic (exact) mass is 311 g/mol. The number of para-hydroxylation sites is 1. The van der Waals surface area contributed by atoms with E-state index in [0.717, 1.165) is 10.7 Å². The predicted molar refractivity (Wildman–Crippen MR) is 87.5 cm³/mol. The molecule has 0 spiro atoms. The van der Waals surface area contributed by atoms with E-state index >= 15 is 0 Å². The molecule has 1 aliphatic heterocycles. The Labute approximate surface area is 133 Å². The zero-order valence-corrected chi connectivity index (χ0v) is 12.6. The summed E-state index contributed by atoms with van der Waals surface area (Å²) < 4.78 is 0. The van der Waals surface area contributed by atoms with Crippen LogP contribution >= 0.6 is 12.2 Å². The Bertz CT molecular complexity index is 726. The summed E-state index contributed by atoms with van der Waals surface area (Å²) in [6, 6.07) is 16.1. The zero-order chi connectivity index (χ0) is 15.7. The van der Waals surface area contributed by atoms with Crippen LogP contribution in [-0.2, 0) is 0 Å². The maximum Gasteiger partial charge on any atom is 0.280 e. The number of imide groups is 1. The lowest BCUT2D eigenvalue weighted by atomic mass is 10.1. The van der Waals surface area contributed by atoms with Crippen LogP contribution in [0.15, 0.2) is 54.6 Å². The molecule has 2 amide bonds. The number of rotatable bonds is 2. The van der Waals surface area contributed by atoms with E-state index in [0.29, 0.717) is 11.1 Å². The fourth-order valence-corrected chi connectivity index (χ4v) is 2.43. The third kappa shape index (κ3) is 2.33. The number of benzene rings is 2. The first kappa shape index (κ1) is 14.2. The van der Waals surface area contributed by atoms with Crippen LogP contribution in [-0.4, -0.2) is 29.0 Å². The highest BCUT2D eigenvalue weighted by Gasteiger charge is 2.36. The van der Waals surface area contributed by atoms with Crippen molar-refractivity contribution in [1.29, 1.82) is 0 Å². The van der Waals surface area contributed by atoms with Gasteiger partial charge in [0.1, 0.15) is 0 Å². The first-order chi connectivity index (χ1) is 10.6. The van der Waals surface area contributed by atoms with Gasteiger partial charge in [0, 0.05) is 12.7 Å². The molecule has 3 rings (SSSR count). The molecule has 110 valence electrons. The number of carbonyl (C=O) groups excluding carboxylic acids is 2. The third-order valence-electron chi connectivity index (χ3n) is 3.45. The number of hydrazine groups is 1. The number of carbonyl (C=O) groups is 2. The Hall–Kier alpha value is -2.73. The summed E-state index contributed by atoms with van der Waals surface area (Å²) in [5.41, 5.74) is 4.33. The van der Waals surface area contributed by atoms with Crippen LogP contribution < -0.4 is 10.3 Å². The predicted octanol–water partition coefficient (Wildman–Crippen LogP) is 2.21. The van der Waals surface area contributed by atoms with Crippen LogP contribution in [0, 0.1) is 0 Å². The number of hydrogen-bond acceptors (Lipinski definition) is 3. The maximum absolute atomic E-state index is 12.3. The molecule has 0 fully saturated rings. The van der Waals surface area contributed by atoms with E-state index in [9.17, 15) is 9.59 Å². The second-order valence-electron chi connectivity index (χ2n) is 4.80. The van der Waals surface area contributed by atoms with Crippen LogP contribution in [0.2, 0.25) is 0 Å². The van der Waals surface area contributed by atoms with Crippen LogP contribution in [0.5, 0.6) is 0 Å². The SMILES string of the molecule is CN(C(=S)NN1C(=O)c2ccccc2C1=O)c1ccccc1. The number of thiocarbonyl (C=S) groups is 1. The van der Waals surface area contributed by atoms with Crippen LogP contribution in [0.1, 0.15) is 20.7 Å². The molecule has 1 N–H and O–H groups in total. The molecule has 6 heteroatoms. The standard InChI is InChI=1S/C16H13N3O2S/c1-18(11-7-3-2-4-8-11)16(22)17-19-14(20)12-9-5-6-10-13(12)15(19)21/h2-10H,1H3,(H,17,22). The first-order valence-electron chi connectivity index (χ1n) is 6.67. The van der Waals surface area contributed by atoms with Gasteiger partial charge in [-0.1, -0.05) is 30.3 Å². The Kier molecular flexibility index (Phi) is 3.60. The molecule has 2 aromatic rings. The van der Waals surface area contributed by atoms with E-state index in [1.165, 1.54) is 0 Å². The molecular formula is C16H13N3O2S. The number of nitrogens with zero attached hydrogens (tertiary/aromatic N) is 2. The van der Waals surface area contributed by atoms with Crippen molar-refractivity contribution in [3.63, 3.8) is 0 Å². The molecule has 1 heterocycles. The minimum absolute atomic E-state index is 0.265. The first-order valence-corrected chi connectivity index (χ1v) is 7.07. The average Bonchev–Trinajstić information content (AvgIpc) is 2.80. The fraction of sp³-hybridized carbons (Fsp3) is 0.0625. The highest BCUT2D eigenvalue weighted by Crippen LogP contribution is 2.21. The van der Waals surface area contributed by atoms with Gasteiger partial charge in [-0.3, -0.25) is 15.0 Å². The number of amides is 2. The summed E-state index contributed by atoms with van der Waals surface area (Å²) in [5.74, 6) is -0.797. The Morgan fingerprint density at radius 3 is 2.00 bits per heavy atom. The highest BCUT2D eigenvalue weighted by molar-refractivity contribution is 7.80. The minimum Gasteiger partial charge on any atom is -0.321 e. The van der Waals surface area contributed by atoms with Crippen molar-refractivity contribution in [3.05, 3.63) is 65.7 Å². The number of anilines is 1. The Morgan fingerprint density at radius 2 is 1.45 bits per heavy atom. The highest BCUT2D eigenvalue weighted by atomic mass is 32.1. The van der Waals surface area contributed by atoms with Gasteiger partial charge in [0.05, 0.1) is 11.1 Å². The van der Waals surface area contributed by atoms with Crippen molar-refractivity contribution in [2.75, 3.05) is 11.9 Å². The molecule has 0 bridgehead atoms. The van der Waals surface area contributed by atoms with Crippen LogP contribution in [0.3, 0.4) is 0 Å². The second-order valence-corrected chi connectivity index (χ2v) is 5.19. The van der Waals surface area contributed by atoms with Gasteiger partial charge >= 0.3 is 0 Å². The van der Waals surface area contributed by atoms with Gasteiger partial charge in [-0.25, -0.2) is 0 Å². The lowest BCUT2D eigenvalue weighted by Gasteiger charge is -2.24. The number of nitrogens with one attached hydrogen (secondary N) is 1. The zero-order valence-electron chi connectivity index (χ0n) is 11.8. The van der Waals surface area contributed by atoms with Crippen molar-refractivity contribution < 1.29 is 9.59 Å². The van der Waals surface area contributed by atoms with Gasteiger partial charge in [0.25, 0.3) is 11.8 Å². The van der Waals surface area contributed by atoms with Gasteiger partial charge in [0.15, 0.2) is 5.11 Å². The van der Waals surface area contributed by atoms with Crippen LogP contribution in [0.25, 0.3) is 0 Å². The van der Waals surface area contributed by atoms with Crippen molar-refractivity contribution in [2.24, 2.45) is 0 Å². The van der Waals surface area contributed by atoms with E-state index in [2.05, 4.69) is 5.43 Å². The third-order valence-corrected chi connectivity index (χ3v) is 3.81. The molecule has 5 nitrogen and oxygen atoms in total. The van der Waals surface area contributed by atoms with Gasteiger partial charge in [0.2, 0.25) is 0 Å². The fourth-order valence-electron chi connectivity index (χ4n) is 2.23. The molecule has 2 aromatic carbocycles. The smallest absolute Gasteiger partial charge is 0.280 e. The quantitative estimate of drug-likeness (QED) is 0.681. The molecule has 0 saturated carbocycles. The van der Waals surface area contributed by atoms with Gasteiger partial charge in [-0.15, -0.1) is 0 Å². The number of hydrogen-bond donors (Lipinski definition) is 1. The molecular weight excluding hydrogens is 298 g/mol. The molecule has 0 aromatic heterocycles. The topological polar surface area (TPSA) is 52.6 Å². The molecule has 0 aliphatic carbocycles. The molecule has 0 saturated heterocycles. The van der Waals surface area contributed by atoms with Crippen molar-refractivity contribution in [3.8, 4) is 0 Å². The van der Waals surface area contributed by atoms with Crippen LogP contribution in [0.4, 0.5) is 5.69 Å². The molecule has 0 unspecified atom stereocenters. The normalized spacial score (nSPS) is 13.0. The van der Waals surface area contributed by atoms with E-state index in [4.69, 9.17) is 12.2 Å². The summed E-state index contributed by atoms with van der Waals surface area (Å²) in [6.45, 7) is 0.